The maximum absolute atomic E-state index is 13.8. The summed E-state index contributed by atoms with van der Waals surface area (Å²) in [5, 5.41) is 0.685. The highest BCUT2D eigenvalue weighted by atomic mass is 79.9. The van der Waals surface area contributed by atoms with Gasteiger partial charge in [0.1, 0.15) is 18.0 Å². The van der Waals surface area contributed by atoms with E-state index in [1.807, 2.05) is 26.0 Å². The van der Waals surface area contributed by atoms with Crippen molar-refractivity contribution in [3.63, 3.8) is 0 Å². The van der Waals surface area contributed by atoms with Crippen LogP contribution in [0.25, 0.3) is 11.0 Å². The topological polar surface area (TPSA) is 56.5 Å². The van der Waals surface area contributed by atoms with Crippen molar-refractivity contribution >= 4 is 32.9 Å². The number of benzene rings is 2. The zero-order chi connectivity index (χ0) is 18.1. The molecule has 0 amide bonds. The molecule has 0 aliphatic heterocycles. The first-order valence-corrected chi connectivity index (χ1v) is 8.31. The van der Waals surface area contributed by atoms with Gasteiger partial charge in [0.25, 0.3) is 0 Å². The Morgan fingerprint density at radius 1 is 1.20 bits per heavy atom. The van der Waals surface area contributed by atoms with Crippen LogP contribution in [0.5, 0.6) is 0 Å². The first-order chi connectivity index (χ1) is 11.9. The van der Waals surface area contributed by atoms with Crippen molar-refractivity contribution in [2.24, 2.45) is 0 Å². The summed E-state index contributed by atoms with van der Waals surface area (Å²) in [5.41, 5.74) is 2.11. The molecule has 0 radical (unpaired) electrons. The molecule has 0 spiro atoms. The van der Waals surface area contributed by atoms with Crippen molar-refractivity contribution in [3.05, 3.63) is 79.4 Å². The van der Waals surface area contributed by atoms with Crippen LogP contribution in [-0.4, -0.2) is 5.97 Å². The Hall–Kier alpha value is -2.47. The molecule has 0 N–H and O–H groups in total. The van der Waals surface area contributed by atoms with Crippen LogP contribution in [0.4, 0.5) is 4.39 Å². The minimum absolute atomic E-state index is 0.157. The Balaban J connectivity index is 1.93. The molecule has 128 valence electrons. The van der Waals surface area contributed by atoms with Gasteiger partial charge in [0.2, 0.25) is 0 Å². The van der Waals surface area contributed by atoms with Gasteiger partial charge in [-0.1, -0.05) is 28.1 Å². The summed E-state index contributed by atoms with van der Waals surface area (Å²) in [6.07, 6.45) is 0. The number of rotatable bonds is 3. The van der Waals surface area contributed by atoms with E-state index in [0.29, 0.717) is 21.0 Å². The Bertz CT molecular complexity index is 1040. The summed E-state index contributed by atoms with van der Waals surface area (Å²) in [4.78, 5) is 24.0. The first kappa shape index (κ1) is 17.4. The zero-order valence-corrected chi connectivity index (χ0v) is 15.1. The fraction of sp³-hybridized carbons (Fsp3) is 0.158. The van der Waals surface area contributed by atoms with Crippen molar-refractivity contribution in [1.82, 2.24) is 0 Å². The van der Waals surface area contributed by atoms with Gasteiger partial charge in [-0.25, -0.2) is 14.0 Å². The summed E-state index contributed by atoms with van der Waals surface area (Å²) in [6.45, 7) is 3.61. The maximum Gasteiger partial charge on any atom is 0.341 e. The highest BCUT2D eigenvalue weighted by Gasteiger charge is 2.16. The average Bonchev–Trinajstić information content (AvgIpc) is 2.58. The number of fused-ring (bicyclic) bond motifs is 1. The quantitative estimate of drug-likeness (QED) is 0.470. The molecule has 3 rings (SSSR count). The molecular weight excluding hydrogens is 391 g/mol. The summed E-state index contributed by atoms with van der Waals surface area (Å²) in [7, 11) is 0. The fourth-order valence-electron chi connectivity index (χ4n) is 2.52. The predicted molar refractivity (Wildman–Crippen MR) is 95.2 cm³/mol. The minimum Gasteiger partial charge on any atom is -0.457 e. The number of carbonyl (C=O) groups excluding carboxylic acids is 1. The van der Waals surface area contributed by atoms with Crippen LogP contribution in [0, 0.1) is 19.7 Å². The third-order valence-corrected chi connectivity index (χ3v) is 4.52. The molecular formula is C19H14BrFO4. The summed E-state index contributed by atoms with van der Waals surface area (Å²) >= 11 is 3.19. The molecule has 3 aromatic rings. The lowest BCUT2D eigenvalue weighted by molar-refractivity contribution is 0.0468. The van der Waals surface area contributed by atoms with Gasteiger partial charge < -0.3 is 9.15 Å². The van der Waals surface area contributed by atoms with Gasteiger partial charge >= 0.3 is 11.6 Å². The van der Waals surface area contributed by atoms with E-state index < -0.39 is 17.4 Å². The number of hydrogen-bond donors (Lipinski definition) is 0. The molecule has 0 fully saturated rings. The summed E-state index contributed by atoms with van der Waals surface area (Å²) < 4.78 is 24.8. The largest absolute Gasteiger partial charge is 0.457 e. The monoisotopic (exact) mass is 404 g/mol. The second kappa shape index (κ2) is 6.80. The Kier molecular flexibility index (Phi) is 4.72. The van der Waals surface area contributed by atoms with E-state index in [9.17, 15) is 14.0 Å². The number of carbonyl (C=O) groups is 1. The molecule has 1 heterocycles. The molecule has 2 aromatic carbocycles. The Morgan fingerprint density at radius 2 is 1.96 bits per heavy atom. The van der Waals surface area contributed by atoms with E-state index in [2.05, 4.69) is 15.9 Å². The third kappa shape index (κ3) is 3.49. The maximum atomic E-state index is 13.8. The van der Waals surface area contributed by atoms with Crippen LogP contribution < -0.4 is 5.63 Å². The number of aryl methyl sites for hydroxylation is 2. The van der Waals surface area contributed by atoms with Gasteiger partial charge in [-0.3, -0.25) is 0 Å². The molecule has 0 atom stereocenters. The normalized spacial score (nSPS) is 10.9. The molecule has 0 bridgehead atoms. The van der Waals surface area contributed by atoms with E-state index in [1.165, 1.54) is 24.3 Å². The van der Waals surface area contributed by atoms with Crippen LogP contribution in [0.15, 0.2) is 50.1 Å². The average molecular weight is 405 g/mol. The van der Waals surface area contributed by atoms with Crippen molar-refractivity contribution in [3.8, 4) is 0 Å². The Morgan fingerprint density at radius 3 is 2.72 bits per heavy atom. The number of hydrogen-bond acceptors (Lipinski definition) is 4. The van der Waals surface area contributed by atoms with E-state index in [1.54, 1.807) is 0 Å². The van der Waals surface area contributed by atoms with Gasteiger partial charge in [0.15, 0.2) is 0 Å². The third-order valence-electron chi connectivity index (χ3n) is 4.02. The van der Waals surface area contributed by atoms with Crippen molar-refractivity contribution in [2.45, 2.75) is 20.5 Å². The molecule has 0 unspecified atom stereocenters. The van der Waals surface area contributed by atoms with Crippen LogP contribution in [0.3, 0.4) is 0 Å². The summed E-state index contributed by atoms with van der Waals surface area (Å²) in [6, 6.07) is 9.01. The number of halogens is 2. The van der Waals surface area contributed by atoms with Gasteiger partial charge in [-0.05, 0) is 43.2 Å². The molecule has 6 heteroatoms. The molecule has 0 aliphatic rings. The van der Waals surface area contributed by atoms with Crippen LogP contribution in [0.1, 0.15) is 27.0 Å². The van der Waals surface area contributed by atoms with Crippen LogP contribution in [-0.2, 0) is 11.3 Å². The molecule has 0 aliphatic carbocycles. The smallest absolute Gasteiger partial charge is 0.341 e. The Labute approximate surface area is 151 Å². The van der Waals surface area contributed by atoms with E-state index in [4.69, 9.17) is 9.15 Å². The molecule has 4 nitrogen and oxygen atoms in total. The molecule has 1 aromatic heterocycles. The summed E-state index contributed by atoms with van der Waals surface area (Å²) in [5.74, 6) is -1.47. The highest BCUT2D eigenvalue weighted by Crippen LogP contribution is 2.24. The second-order valence-electron chi connectivity index (χ2n) is 5.68. The van der Waals surface area contributed by atoms with Crippen molar-refractivity contribution < 1.29 is 18.3 Å². The second-order valence-corrected chi connectivity index (χ2v) is 6.59. The van der Waals surface area contributed by atoms with Gasteiger partial charge in [-0.15, -0.1) is 0 Å². The van der Waals surface area contributed by atoms with Gasteiger partial charge in [0, 0.05) is 21.5 Å². The minimum atomic E-state index is -0.802. The van der Waals surface area contributed by atoms with Crippen LogP contribution >= 0.6 is 15.9 Å². The lowest BCUT2D eigenvalue weighted by Crippen LogP contribution is -2.10. The highest BCUT2D eigenvalue weighted by molar-refractivity contribution is 9.10. The number of esters is 1. The van der Waals surface area contributed by atoms with Gasteiger partial charge in [-0.2, -0.15) is 0 Å². The van der Waals surface area contributed by atoms with Crippen molar-refractivity contribution in [1.29, 1.82) is 0 Å². The fourth-order valence-corrected chi connectivity index (χ4v) is 2.88. The van der Waals surface area contributed by atoms with E-state index in [0.717, 1.165) is 11.1 Å². The lowest BCUT2D eigenvalue weighted by Gasteiger charge is -2.10. The molecule has 0 saturated heterocycles. The van der Waals surface area contributed by atoms with Crippen molar-refractivity contribution in [2.75, 3.05) is 0 Å². The molecule has 25 heavy (non-hydrogen) atoms. The SMILES string of the molecule is Cc1ccc2c(COC(=O)c3cc(Br)ccc3F)cc(=O)oc2c1C. The molecule has 0 saturated carbocycles. The van der Waals surface area contributed by atoms with E-state index in [-0.39, 0.29) is 12.2 Å². The first-order valence-electron chi connectivity index (χ1n) is 7.52. The van der Waals surface area contributed by atoms with Crippen LogP contribution in [0.2, 0.25) is 0 Å². The standard InChI is InChI=1S/C19H14BrFO4/c1-10-3-5-14-12(7-17(22)25-18(14)11(10)2)9-24-19(23)15-8-13(20)4-6-16(15)21/h3-8H,9H2,1-2H3. The lowest BCUT2D eigenvalue weighted by atomic mass is 10.0. The zero-order valence-electron chi connectivity index (χ0n) is 13.6. The predicted octanol–water partition coefficient (Wildman–Crippen LogP) is 4.67. The van der Waals surface area contributed by atoms with Gasteiger partial charge in [0.05, 0.1) is 5.56 Å². The van der Waals surface area contributed by atoms with E-state index >= 15 is 0 Å². The number of ether oxygens (including phenoxy) is 1.